The highest BCUT2D eigenvalue weighted by atomic mass is 35.5. The van der Waals surface area contributed by atoms with Gasteiger partial charge in [-0.1, -0.05) is 11.6 Å². The van der Waals surface area contributed by atoms with Gasteiger partial charge in [-0.05, 0) is 24.3 Å². The number of alkyl halides is 6. The van der Waals surface area contributed by atoms with Gasteiger partial charge in [0.1, 0.15) is 6.54 Å². The Balaban J connectivity index is 1.68. The fourth-order valence-corrected chi connectivity index (χ4v) is 3.94. The number of rotatable bonds is 9. The number of hydrogen-bond acceptors (Lipinski definition) is 7. The number of nitrogens with two attached hydrogens (primary N) is 1. The Morgan fingerprint density at radius 1 is 1.10 bits per heavy atom. The first-order valence-electron chi connectivity index (χ1n) is 11.4. The van der Waals surface area contributed by atoms with Crippen LogP contribution in [0.5, 0.6) is 0 Å². The number of anilines is 1. The van der Waals surface area contributed by atoms with E-state index in [0.29, 0.717) is 9.59 Å². The third-order valence-corrected chi connectivity index (χ3v) is 6.17. The van der Waals surface area contributed by atoms with Gasteiger partial charge in [0, 0.05) is 23.7 Å². The van der Waals surface area contributed by atoms with E-state index in [1.165, 1.54) is 29.2 Å². The predicted octanol–water partition coefficient (Wildman–Crippen LogP) is 1.80. The topological polar surface area (TPSA) is 137 Å². The minimum Gasteiger partial charge on any atom is -0.382 e. The second-order valence-electron chi connectivity index (χ2n) is 8.86. The third kappa shape index (κ3) is 6.52. The molecule has 2 aromatic heterocycles. The second kappa shape index (κ2) is 10.5. The van der Waals surface area contributed by atoms with Gasteiger partial charge < -0.3 is 15.7 Å². The number of primary amides is 1. The number of halogens is 7. The molecule has 1 amide bonds. The Hall–Kier alpha value is -3.60. The van der Waals surface area contributed by atoms with Crippen molar-refractivity contribution in [1.82, 2.24) is 29.1 Å². The number of nitrogens with zero attached hydrogens (tertiary/aromatic N) is 7. The van der Waals surface area contributed by atoms with E-state index in [4.69, 9.17) is 17.3 Å². The molecule has 0 radical (unpaired) electrons. The van der Waals surface area contributed by atoms with Crippen molar-refractivity contribution < 1.29 is 36.2 Å². The van der Waals surface area contributed by atoms with Gasteiger partial charge in [0.05, 0.1) is 25.4 Å². The summed E-state index contributed by atoms with van der Waals surface area (Å²) >= 11 is 5.86. The average molecular weight is 583 g/mol. The number of aliphatic hydroxyl groups excluding tert-OH is 1. The number of aliphatic hydroxyl groups is 1. The summed E-state index contributed by atoms with van der Waals surface area (Å²) in [6.07, 6.45) is -13.6. The average Bonchev–Trinajstić information content (AvgIpc) is 3.32. The minimum atomic E-state index is -5.02. The van der Waals surface area contributed by atoms with Gasteiger partial charge in [0.2, 0.25) is 11.9 Å². The Labute approximate surface area is 220 Å². The Kier molecular flexibility index (Phi) is 7.66. The lowest BCUT2D eigenvalue weighted by atomic mass is 10.0. The fraction of sp³-hybridized carbons (Fsp3) is 0.476. The molecular formula is C21H21ClF6N8O3. The quantitative estimate of drug-likeness (QED) is 0.367. The van der Waals surface area contributed by atoms with E-state index in [2.05, 4.69) is 15.2 Å². The number of aryl methyl sites for hydroxylation is 1. The van der Waals surface area contributed by atoms with Crippen molar-refractivity contribution in [3.8, 4) is 11.4 Å². The highest BCUT2D eigenvalue weighted by Gasteiger charge is 2.40. The molecule has 1 unspecified atom stereocenters. The van der Waals surface area contributed by atoms with Crippen LogP contribution in [-0.4, -0.2) is 71.7 Å². The van der Waals surface area contributed by atoms with Crippen molar-refractivity contribution in [1.29, 1.82) is 0 Å². The molecule has 1 atom stereocenters. The van der Waals surface area contributed by atoms with Crippen LogP contribution in [-0.2, 0) is 24.4 Å². The molecule has 11 nitrogen and oxygen atoms in total. The summed E-state index contributed by atoms with van der Waals surface area (Å²) in [4.78, 5) is 30.1. The molecule has 1 aliphatic rings. The van der Waals surface area contributed by atoms with Crippen LogP contribution in [0, 0.1) is 5.92 Å². The standard InChI is InChI=1S/C21H21ClF6N8O3/c22-13-3-1-11(2-4-13)17-32-36(19(39)34(17)9-14(37)21(26,27)28)10-15-30-18(33-7-12(8-33)16(29)38)35(31-15)6-5-20(23,24)25/h1-4,12,14,37H,5-10H2,(H2,29,38). The molecule has 0 spiro atoms. The van der Waals surface area contributed by atoms with Crippen LogP contribution in [0.3, 0.4) is 0 Å². The van der Waals surface area contributed by atoms with E-state index in [1.54, 1.807) is 0 Å². The maximum Gasteiger partial charge on any atom is 0.416 e. The molecule has 1 fully saturated rings. The monoisotopic (exact) mass is 582 g/mol. The van der Waals surface area contributed by atoms with Crippen molar-refractivity contribution in [2.24, 2.45) is 11.7 Å². The van der Waals surface area contributed by atoms with E-state index in [1.807, 2.05) is 0 Å². The van der Waals surface area contributed by atoms with Crippen molar-refractivity contribution in [3.05, 3.63) is 45.6 Å². The lowest BCUT2D eigenvalue weighted by Crippen LogP contribution is -2.53. The zero-order valence-electron chi connectivity index (χ0n) is 19.8. The molecule has 1 aliphatic heterocycles. The second-order valence-corrected chi connectivity index (χ2v) is 9.30. The van der Waals surface area contributed by atoms with Gasteiger partial charge in [-0.15, -0.1) is 5.10 Å². The van der Waals surface area contributed by atoms with Crippen molar-refractivity contribution in [2.45, 2.75) is 44.5 Å². The highest BCUT2D eigenvalue weighted by Crippen LogP contribution is 2.27. The number of benzene rings is 1. The molecule has 3 aromatic rings. The lowest BCUT2D eigenvalue weighted by molar-refractivity contribution is -0.207. The number of carbonyl (C=O) groups is 1. The predicted molar refractivity (Wildman–Crippen MR) is 124 cm³/mol. The molecule has 212 valence electrons. The Bertz CT molecular complexity index is 1390. The molecule has 0 saturated carbocycles. The smallest absolute Gasteiger partial charge is 0.382 e. The van der Waals surface area contributed by atoms with Crippen molar-refractivity contribution in [3.63, 3.8) is 0 Å². The van der Waals surface area contributed by atoms with Crippen LogP contribution in [0.4, 0.5) is 32.3 Å². The van der Waals surface area contributed by atoms with Crippen LogP contribution >= 0.6 is 11.6 Å². The normalized spacial score (nSPS) is 15.4. The molecule has 1 aromatic carbocycles. The van der Waals surface area contributed by atoms with Gasteiger partial charge >= 0.3 is 18.0 Å². The first-order chi connectivity index (χ1) is 18.1. The molecule has 0 aliphatic carbocycles. The largest absolute Gasteiger partial charge is 0.416 e. The van der Waals surface area contributed by atoms with E-state index in [9.17, 15) is 41.0 Å². The van der Waals surface area contributed by atoms with E-state index in [0.717, 1.165) is 9.36 Å². The first kappa shape index (κ1) is 28.4. The zero-order valence-corrected chi connectivity index (χ0v) is 20.6. The van der Waals surface area contributed by atoms with E-state index < -0.39 is 62.0 Å². The van der Waals surface area contributed by atoms with Gasteiger partial charge in [-0.2, -0.15) is 36.4 Å². The lowest BCUT2D eigenvalue weighted by Gasteiger charge is -2.37. The van der Waals surface area contributed by atoms with Gasteiger partial charge in [-0.3, -0.25) is 9.36 Å². The first-order valence-corrected chi connectivity index (χ1v) is 11.7. The van der Waals surface area contributed by atoms with Crippen molar-refractivity contribution in [2.75, 3.05) is 18.0 Å². The number of aromatic nitrogens is 6. The highest BCUT2D eigenvalue weighted by molar-refractivity contribution is 6.30. The number of hydrogen-bond donors (Lipinski definition) is 2. The maximum atomic E-state index is 13.1. The van der Waals surface area contributed by atoms with Gasteiger partial charge in [0.25, 0.3) is 0 Å². The summed E-state index contributed by atoms with van der Waals surface area (Å²) in [6.45, 7) is -2.08. The zero-order chi connectivity index (χ0) is 28.7. The third-order valence-electron chi connectivity index (χ3n) is 5.92. The van der Waals surface area contributed by atoms with Crippen LogP contribution in [0.25, 0.3) is 11.4 Å². The molecule has 3 N–H and O–H groups in total. The Morgan fingerprint density at radius 3 is 2.31 bits per heavy atom. The van der Waals surface area contributed by atoms with Crippen molar-refractivity contribution >= 4 is 23.5 Å². The summed E-state index contributed by atoms with van der Waals surface area (Å²) in [5, 5.41) is 18.0. The summed E-state index contributed by atoms with van der Waals surface area (Å²) in [5.74, 6) is -1.48. The van der Waals surface area contributed by atoms with Gasteiger partial charge in [-0.25, -0.2) is 14.2 Å². The molecule has 1 saturated heterocycles. The summed E-state index contributed by atoms with van der Waals surface area (Å²) in [6, 6.07) is 5.67. The fourth-order valence-electron chi connectivity index (χ4n) is 3.82. The summed E-state index contributed by atoms with van der Waals surface area (Å²) in [7, 11) is 0. The molecule has 39 heavy (non-hydrogen) atoms. The molecule has 18 heteroatoms. The molecule has 4 rings (SSSR count). The van der Waals surface area contributed by atoms with E-state index >= 15 is 0 Å². The molecular weight excluding hydrogens is 562 g/mol. The maximum absolute atomic E-state index is 13.1. The Morgan fingerprint density at radius 2 is 1.74 bits per heavy atom. The molecule has 3 heterocycles. The number of amides is 1. The van der Waals surface area contributed by atoms with Crippen LogP contribution in [0.1, 0.15) is 12.2 Å². The molecule has 0 bridgehead atoms. The van der Waals surface area contributed by atoms with Crippen LogP contribution in [0.15, 0.2) is 29.1 Å². The SMILES string of the molecule is NC(=O)C1CN(c2nc(Cn3nc(-c4ccc(Cl)cc4)n(CC(O)C(F)(F)F)c3=O)nn2CCC(F)(F)F)C1. The summed E-state index contributed by atoms with van der Waals surface area (Å²) in [5.41, 5.74) is 4.42. The van der Waals surface area contributed by atoms with Crippen LogP contribution in [0.2, 0.25) is 5.02 Å². The minimum absolute atomic E-state index is 0.00431. The van der Waals surface area contributed by atoms with Crippen LogP contribution < -0.4 is 16.3 Å². The number of carbonyl (C=O) groups excluding carboxylic acids is 1. The van der Waals surface area contributed by atoms with Gasteiger partial charge in [0.15, 0.2) is 17.8 Å². The van der Waals surface area contributed by atoms with E-state index in [-0.39, 0.29) is 36.3 Å². The summed E-state index contributed by atoms with van der Waals surface area (Å²) < 4.78 is 80.1.